The fraction of sp³-hybridized carbons (Fsp3) is 0.850. The number of hydrogen-bond acceptors (Lipinski definition) is 5. The second-order valence-electron chi connectivity index (χ2n) is 8.03. The molecule has 1 saturated carbocycles. The average molecular weight is 384 g/mol. The van der Waals surface area contributed by atoms with Crippen LogP contribution in [0.15, 0.2) is 0 Å². The van der Waals surface area contributed by atoms with Crippen LogP contribution in [0.1, 0.15) is 72.1 Å². The van der Waals surface area contributed by atoms with Gasteiger partial charge in [0.1, 0.15) is 0 Å². The van der Waals surface area contributed by atoms with Crippen LogP contribution < -0.4 is 16.4 Å². The van der Waals surface area contributed by atoms with Crippen LogP contribution in [0.2, 0.25) is 0 Å². The lowest BCUT2D eigenvalue weighted by molar-refractivity contribution is -0.141. The van der Waals surface area contributed by atoms with Crippen molar-refractivity contribution in [2.24, 2.45) is 11.7 Å². The lowest BCUT2D eigenvalue weighted by Crippen LogP contribution is -2.59. The summed E-state index contributed by atoms with van der Waals surface area (Å²) in [6.07, 6.45) is 6.16. The first-order valence-corrected chi connectivity index (χ1v) is 10.2. The largest absolute Gasteiger partial charge is 0.383 e. The van der Waals surface area contributed by atoms with Crippen LogP contribution in [0.5, 0.6) is 0 Å². The van der Waals surface area contributed by atoms with Crippen molar-refractivity contribution in [2.75, 3.05) is 13.7 Å². The third-order valence-electron chi connectivity index (χ3n) is 5.36. The van der Waals surface area contributed by atoms with Crippen LogP contribution in [0.3, 0.4) is 0 Å². The molecule has 2 amide bonds. The number of hydrogen-bond donors (Lipinski definition) is 3. The number of ether oxygens (including phenoxy) is 1. The van der Waals surface area contributed by atoms with Crippen LogP contribution in [0.4, 0.5) is 0 Å². The third-order valence-corrected chi connectivity index (χ3v) is 5.36. The highest BCUT2D eigenvalue weighted by Crippen LogP contribution is 2.26. The second kappa shape index (κ2) is 11.4. The molecule has 0 radical (unpaired) electrons. The van der Waals surface area contributed by atoms with Crippen molar-refractivity contribution in [1.29, 1.82) is 0 Å². The molecule has 1 aliphatic rings. The molecule has 1 unspecified atom stereocenters. The molecular formula is C20H37N3O4. The first-order chi connectivity index (χ1) is 12.7. The van der Waals surface area contributed by atoms with Gasteiger partial charge in [-0.15, -0.1) is 0 Å². The molecule has 27 heavy (non-hydrogen) atoms. The first-order valence-electron chi connectivity index (χ1n) is 10.2. The third kappa shape index (κ3) is 7.22. The van der Waals surface area contributed by atoms with Gasteiger partial charge in [0.05, 0.1) is 24.2 Å². The van der Waals surface area contributed by atoms with Gasteiger partial charge in [-0.3, -0.25) is 14.4 Å². The number of nitrogens with two attached hydrogens (primary N) is 1. The summed E-state index contributed by atoms with van der Waals surface area (Å²) in [6, 6.07) is -1.09. The van der Waals surface area contributed by atoms with Crippen molar-refractivity contribution in [3.8, 4) is 0 Å². The zero-order valence-corrected chi connectivity index (χ0v) is 17.3. The van der Waals surface area contributed by atoms with E-state index in [1.165, 1.54) is 0 Å². The van der Waals surface area contributed by atoms with Crippen LogP contribution in [-0.4, -0.2) is 48.9 Å². The lowest BCUT2D eigenvalue weighted by Gasteiger charge is -2.33. The molecule has 0 spiro atoms. The van der Waals surface area contributed by atoms with Crippen molar-refractivity contribution in [1.82, 2.24) is 10.6 Å². The summed E-state index contributed by atoms with van der Waals surface area (Å²) in [4.78, 5) is 37.9. The van der Waals surface area contributed by atoms with E-state index in [0.29, 0.717) is 25.9 Å². The van der Waals surface area contributed by atoms with Gasteiger partial charge in [0.25, 0.3) is 5.91 Å². The predicted molar refractivity (Wildman–Crippen MR) is 105 cm³/mol. The number of Topliss-reactive ketones (excluding diaryl/α,β-unsaturated/α-hetero) is 1. The van der Waals surface area contributed by atoms with E-state index in [4.69, 9.17) is 10.5 Å². The van der Waals surface area contributed by atoms with Crippen molar-refractivity contribution in [3.63, 3.8) is 0 Å². The molecule has 0 aromatic rings. The number of methoxy groups -OCH3 is 1. The smallest absolute Gasteiger partial charge is 0.289 e. The molecule has 0 aromatic carbocycles. The number of carbonyl (C=O) groups excluding carboxylic acids is 3. The van der Waals surface area contributed by atoms with Crippen LogP contribution >= 0.6 is 0 Å². The summed E-state index contributed by atoms with van der Waals surface area (Å²) in [5.74, 6) is -1.48. The molecule has 0 bridgehead atoms. The van der Waals surface area contributed by atoms with Gasteiger partial charge in [0, 0.05) is 7.11 Å². The summed E-state index contributed by atoms with van der Waals surface area (Å²) in [5.41, 5.74) is 5.34. The number of carbonyl (C=O) groups is 3. The predicted octanol–water partition coefficient (Wildman–Crippen LogP) is 1.68. The molecule has 156 valence electrons. The number of rotatable bonds is 11. The zero-order chi connectivity index (χ0) is 20.4. The Balaban J connectivity index is 2.80. The maximum Gasteiger partial charge on any atom is 0.289 e. The van der Waals surface area contributed by atoms with Gasteiger partial charge in [-0.2, -0.15) is 0 Å². The van der Waals surface area contributed by atoms with Gasteiger partial charge in [0.2, 0.25) is 11.7 Å². The molecule has 1 fully saturated rings. The van der Waals surface area contributed by atoms with Gasteiger partial charge in [-0.25, -0.2) is 0 Å². The normalized spacial score (nSPS) is 18.6. The van der Waals surface area contributed by atoms with Crippen LogP contribution in [0.25, 0.3) is 0 Å². The average Bonchev–Trinajstić information content (AvgIpc) is 2.64. The SMILES string of the molecule is CCCC[C@H](NC(=O)C1(N)CCCCC1)C(=O)C(=O)NC(COC)C(C)C. The molecule has 0 aromatic heterocycles. The summed E-state index contributed by atoms with van der Waals surface area (Å²) < 4.78 is 5.12. The number of amides is 2. The summed E-state index contributed by atoms with van der Waals surface area (Å²) in [5, 5.41) is 5.51. The highest BCUT2D eigenvalue weighted by atomic mass is 16.5. The van der Waals surface area contributed by atoms with Crippen molar-refractivity contribution < 1.29 is 19.1 Å². The van der Waals surface area contributed by atoms with Gasteiger partial charge in [0.15, 0.2) is 0 Å². The molecule has 0 heterocycles. The van der Waals surface area contributed by atoms with E-state index < -0.39 is 23.3 Å². The molecule has 0 saturated heterocycles. The van der Waals surface area contributed by atoms with Crippen LogP contribution in [0, 0.1) is 5.92 Å². The fourth-order valence-electron chi connectivity index (χ4n) is 3.37. The molecule has 1 rings (SSSR count). The molecule has 2 atom stereocenters. The van der Waals surface area contributed by atoms with Crippen molar-refractivity contribution >= 4 is 17.6 Å². The Morgan fingerprint density at radius 3 is 2.26 bits per heavy atom. The van der Waals surface area contributed by atoms with E-state index in [1.807, 2.05) is 20.8 Å². The maximum absolute atomic E-state index is 12.7. The Labute approximate surface area is 163 Å². The first kappa shape index (κ1) is 23.6. The Morgan fingerprint density at radius 1 is 1.11 bits per heavy atom. The van der Waals surface area contributed by atoms with Gasteiger partial charge < -0.3 is 21.1 Å². The summed E-state index contributed by atoms with van der Waals surface area (Å²) >= 11 is 0. The molecule has 1 aliphatic carbocycles. The summed E-state index contributed by atoms with van der Waals surface area (Å²) in [7, 11) is 1.55. The van der Waals surface area contributed by atoms with E-state index in [0.717, 1.165) is 32.1 Å². The number of unbranched alkanes of at least 4 members (excludes halogenated alkanes) is 1. The minimum Gasteiger partial charge on any atom is -0.383 e. The van der Waals surface area contributed by atoms with Crippen LogP contribution in [-0.2, 0) is 19.1 Å². The quantitative estimate of drug-likeness (QED) is 0.470. The topological polar surface area (TPSA) is 111 Å². The lowest BCUT2D eigenvalue weighted by atomic mass is 9.81. The van der Waals surface area contributed by atoms with Gasteiger partial charge in [-0.1, -0.05) is 52.9 Å². The van der Waals surface area contributed by atoms with Gasteiger partial charge >= 0.3 is 0 Å². The Bertz CT molecular complexity index is 501. The molecular weight excluding hydrogens is 346 g/mol. The second-order valence-corrected chi connectivity index (χ2v) is 8.03. The zero-order valence-electron chi connectivity index (χ0n) is 17.3. The molecule has 7 heteroatoms. The molecule has 7 nitrogen and oxygen atoms in total. The Kier molecular flexibility index (Phi) is 9.94. The van der Waals surface area contributed by atoms with Crippen molar-refractivity contribution in [3.05, 3.63) is 0 Å². The maximum atomic E-state index is 12.7. The van der Waals surface area contributed by atoms with E-state index in [9.17, 15) is 14.4 Å². The molecule has 4 N–H and O–H groups in total. The van der Waals surface area contributed by atoms with E-state index in [-0.39, 0.29) is 17.9 Å². The van der Waals surface area contributed by atoms with Gasteiger partial charge in [-0.05, 0) is 25.2 Å². The minimum absolute atomic E-state index is 0.125. The van der Waals surface area contributed by atoms with E-state index >= 15 is 0 Å². The summed E-state index contributed by atoms with van der Waals surface area (Å²) in [6.45, 7) is 6.23. The molecule has 0 aliphatic heterocycles. The highest BCUT2D eigenvalue weighted by molar-refractivity contribution is 6.38. The number of ketones is 1. The Morgan fingerprint density at radius 2 is 1.74 bits per heavy atom. The highest BCUT2D eigenvalue weighted by Gasteiger charge is 2.38. The monoisotopic (exact) mass is 383 g/mol. The standard InChI is InChI=1S/C20H37N3O4/c1-5-6-10-15(23-19(26)20(21)11-8-7-9-12-20)17(24)18(25)22-16(13-27-4)14(2)3/h14-16H,5-13,21H2,1-4H3,(H,22,25)(H,23,26)/t15-,16?/m0/s1. The Hall–Kier alpha value is -1.47. The number of nitrogens with one attached hydrogen (secondary N) is 2. The van der Waals surface area contributed by atoms with E-state index in [1.54, 1.807) is 7.11 Å². The van der Waals surface area contributed by atoms with E-state index in [2.05, 4.69) is 10.6 Å². The fourth-order valence-corrected chi connectivity index (χ4v) is 3.37. The van der Waals surface area contributed by atoms with Crippen molar-refractivity contribution in [2.45, 2.75) is 89.8 Å². The minimum atomic E-state index is -0.935.